The predicted molar refractivity (Wildman–Crippen MR) is 82.5 cm³/mol. The van der Waals surface area contributed by atoms with Crippen LogP contribution < -0.4 is 16.8 Å². The molecular formula is C14H20ClN3O3. The number of primary amides is 1. The lowest BCUT2D eigenvalue weighted by molar-refractivity contribution is -0.126. The number of hydrogen-bond acceptors (Lipinski definition) is 4. The number of ether oxygens (including phenoxy) is 1. The van der Waals surface area contributed by atoms with E-state index in [-0.39, 0.29) is 24.4 Å². The van der Waals surface area contributed by atoms with Gasteiger partial charge in [-0.2, -0.15) is 0 Å². The Morgan fingerprint density at radius 2 is 2.10 bits per heavy atom. The smallest absolute Gasteiger partial charge is 0.253 e. The van der Waals surface area contributed by atoms with E-state index in [1.807, 2.05) is 0 Å². The van der Waals surface area contributed by atoms with E-state index < -0.39 is 12.0 Å². The molecule has 0 aromatic heterocycles. The third-order valence-corrected chi connectivity index (χ3v) is 3.43. The van der Waals surface area contributed by atoms with Gasteiger partial charge in [0.25, 0.3) is 5.91 Å². The standard InChI is InChI=1S/C14H19N3O3.ClH/c1-8-2-3-9(6-11(8)13(16)18)17-14(19)12-5-4-10(7-15)20-12;/h2-3,6,10,12H,4-5,7,15H2,1H3,(H2,16,18)(H,17,19);1H/t10-,12+;/m1./s1. The molecule has 6 nitrogen and oxygen atoms in total. The second-order valence-corrected chi connectivity index (χ2v) is 4.94. The number of amides is 2. The van der Waals surface area contributed by atoms with Crippen LogP contribution in [-0.4, -0.2) is 30.6 Å². The Bertz CT molecular complexity index is 536. The maximum atomic E-state index is 12.0. The van der Waals surface area contributed by atoms with Crippen LogP contribution in [0.25, 0.3) is 0 Å². The van der Waals surface area contributed by atoms with Crippen LogP contribution in [-0.2, 0) is 9.53 Å². The van der Waals surface area contributed by atoms with Gasteiger partial charge in [0.1, 0.15) is 6.10 Å². The topological polar surface area (TPSA) is 107 Å². The minimum atomic E-state index is -0.515. The Kier molecular flexibility index (Phi) is 6.14. The Morgan fingerprint density at radius 1 is 1.38 bits per heavy atom. The van der Waals surface area contributed by atoms with Crippen molar-refractivity contribution < 1.29 is 14.3 Å². The van der Waals surface area contributed by atoms with Gasteiger partial charge in [0.2, 0.25) is 5.91 Å². The van der Waals surface area contributed by atoms with E-state index in [9.17, 15) is 9.59 Å². The molecule has 21 heavy (non-hydrogen) atoms. The highest BCUT2D eigenvalue weighted by Crippen LogP contribution is 2.21. The molecule has 1 aliphatic heterocycles. The van der Waals surface area contributed by atoms with Crippen molar-refractivity contribution in [2.45, 2.75) is 32.0 Å². The number of aryl methyl sites for hydroxylation is 1. The van der Waals surface area contributed by atoms with Crippen molar-refractivity contribution in [3.05, 3.63) is 29.3 Å². The minimum Gasteiger partial charge on any atom is -0.366 e. The van der Waals surface area contributed by atoms with Crippen LogP contribution in [0.1, 0.15) is 28.8 Å². The maximum Gasteiger partial charge on any atom is 0.253 e. The summed E-state index contributed by atoms with van der Waals surface area (Å²) in [7, 11) is 0. The van der Waals surface area contributed by atoms with Crippen molar-refractivity contribution >= 4 is 29.9 Å². The van der Waals surface area contributed by atoms with Gasteiger partial charge in [-0.3, -0.25) is 9.59 Å². The third-order valence-electron chi connectivity index (χ3n) is 3.43. The molecule has 1 aromatic rings. The Labute approximate surface area is 129 Å². The summed E-state index contributed by atoms with van der Waals surface area (Å²) in [6.45, 7) is 2.21. The van der Waals surface area contributed by atoms with Crippen molar-refractivity contribution in [1.29, 1.82) is 0 Å². The van der Waals surface area contributed by atoms with E-state index in [1.54, 1.807) is 25.1 Å². The number of carbonyl (C=O) groups excluding carboxylic acids is 2. The Hall–Kier alpha value is -1.63. The first-order valence-corrected chi connectivity index (χ1v) is 6.58. The zero-order chi connectivity index (χ0) is 14.7. The molecule has 1 aliphatic rings. The average Bonchev–Trinajstić information content (AvgIpc) is 2.89. The zero-order valence-electron chi connectivity index (χ0n) is 11.8. The van der Waals surface area contributed by atoms with Crippen LogP contribution in [0.5, 0.6) is 0 Å². The summed E-state index contributed by atoms with van der Waals surface area (Å²) in [6.07, 6.45) is 0.906. The fraction of sp³-hybridized carbons (Fsp3) is 0.429. The molecule has 0 bridgehead atoms. The van der Waals surface area contributed by atoms with Gasteiger partial charge in [-0.1, -0.05) is 6.07 Å². The maximum absolute atomic E-state index is 12.0. The van der Waals surface area contributed by atoms with Gasteiger partial charge < -0.3 is 21.5 Å². The molecule has 0 aliphatic carbocycles. The summed E-state index contributed by atoms with van der Waals surface area (Å²) in [5.41, 5.74) is 12.5. The number of nitrogens with two attached hydrogens (primary N) is 2. The molecule has 1 aromatic carbocycles. The van der Waals surface area contributed by atoms with Crippen LogP contribution in [0, 0.1) is 6.92 Å². The first-order chi connectivity index (χ1) is 9.51. The number of benzene rings is 1. The average molecular weight is 314 g/mol. The predicted octanol–water partition coefficient (Wildman–Crippen LogP) is 0.961. The Morgan fingerprint density at radius 3 is 2.67 bits per heavy atom. The number of anilines is 1. The van der Waals surface area contributed by atoms with Crippen molar-refractivity contribution in [2.75, 3.05) is 11.9 Å². The van der Waals surface area contributed by atoms with Gasteiger partial charge in [0.15, 0.2) is 0 Å². The van der Waals surface area contributed by atoms with Gasteiger partial charge in [-0.25, -0.2) is 0 Å². The van der Waals surface area contributed by atoms with Gasteiger partial charge >= 0.3 is 0 Å². The largest absolute Gasteiger partial charge is 0.366 e. The van der Waals surface area contributed by atoms with Gasteiger partial charge in [-0.05, 0) is 37.5 Å². The molecule has 5 N–H and O–H groups in total. The molecule has 0 radical (unpaired) electrons. The van der Waals surface area contributed by atoms with Crippen LogP contribution in [0.4, 0.5) is 5.69 Å². The monoisotopic (exact) mass is 313 g/mol. The van der Waals surface area contributed by atoms with Crippen molar-refractivity contribution in [3.8, 4) is 0 Å². The fourth-order valence-electron chi connectivity index (χ4n) is 2.26. The summed E-state index contributed by atoms with van der Waals surface area (Å²) in [6, 6.07) is 5.05. The molecule has 2 rings (SSSR count). The molecule has 0 unspecified atom stereocenters. The molecular weight excluding hydrogens is 294 g/mol. The summed E-state index contributed by atoms with van der Waals surface area (Å²) < 4.78 is 5.52. The van der Waals surface area contributed by atoms with Crippen LogP contribution in [0.2, 0.25) is 0 Å². The number of hydrogen-bond donors (Lipinski definition) is 3. The number of halogens is 1. The number of carbonyl (C=O) groups is 2. The number of rotatable bonds is 4. The summed E-state index contributed by atoms with van der Waals surface area (Å²) in [5, 5.41) is 2.74. The first-order valence-electron chi connectivity index (χ1n) is 6.58. The Balaban J connectivity index is 0.00000220. The zero-order valence-corrected chi connectivity index (χ0v) is 12.6. The van der Waals surface area contributed by atoms with E-state index in [4.69, 9.17) is 16.2 Å². The van der Waals surface area contributed by atoms with Gasteiger partial charge in [0.05, 0.1) is 6.10 Å². The highest BCUT2D eigenvalue weighted by atomic mass is 35.5. The molecule has 1 saturated heterocycles. The van der Waals surface area contributed by atoms with E-state index >= 15 is 0 Å². The lowest BCUT2D eigenvalue weighted by atomic mass is 10.1. The quantitative estimate of drug-likeness (QED) is 0.769. The summed E-state index contributed by atoms with van der Waals surface area (Å²) in [5.74, 6) is -0.737. The molecule has 0 saturated carbocycles. The highest BCUT2D eigenvalue weighted by molar-refractivity contribution is 5.98. The summed E-state index contributed by atoms with van der Waals surface area (Å²) in [4.78, 5) is 23.3. The van der Waals surface area contributed by atoms with Crippen LogP contribution >= 0.6 is 12.4 Å². The lowest BCUT2D eigenvalue weighted by Gasteiger charge is -2.13. The molecule has 0 spiro atoms. The van der Waals surface area contributed by atoms with E-state index in [2.05, 4.69) is 5.32 Å². The summed E-state index contributed by atoms with van der Waals surface area (Å²) >= 11 is 0. The highest BCUT2D eigenvalue weighted by Gasteiger charge is 2.29. The van der Waals surface area contributed by atoms with Crippen LogP contribution in [0.3, 0.4) is 0 Å². The second kappa shape index (κ2) is 7.40. The van der Waals surface area contributed by atoms with E-state index in [0.717, 1.165) is 12.0 Å². The SMILES string of the molecule is Cc1ccc(NC(=O)[C@@H]2CC[C@H](CN)O2)cc1C(N)=O.Cl. The molecule has 2 amide bonds. The first kappa shape index (κ1) is 17.4. The molecule has 7 heteroatoms. The van der Waals surface area contributed by atoms with Crippen LogP contribution in [0.15, 0.2) is 18.2 Å². The van der Waals surface area contributed by atoms with Gasteiger partial charge in [-0.15, -0.1) is 12.4 Å². The number of nitrogens with one attached hydrogen (secondary N) is 1. The van der Waals surface area contributed by atoms with E-state index in [0.29, 0.717) is 24.2 Å². The molecule has 1 fully saturated rings. The third kappa shape index (κ3) is 4.17. The van der Waals surface area contributed by atoms with E-state index in [1.165, 1.54) is 0 Å². The lowest BCUT2D eigenvalue weighted by Crippen LogP contribution is -2.30. The van der Waals surface area contributed by atoms with Crippen molar-refractivity contribution in [2.24, 2.45) is 11.5 Å². The van der Waals surface area contributed by atoms with Crippen molar-refractivity contribution in [1.82, 2.24) is 0 Å². The normalized spacial score (nSPS) is 20.7. The molecule has 116 valence electrons. The fourth-order valence-corrected chi connectivity index (χ4v) is 2.26. The molecule has 2 atom stereocenters. The van der Waals surface area contributed by atoms with Crippen molar-refractivity contribution in [3.63, 3.8) is 0 Å². The van der Waals surface area contributed by atoms with Gasteiger partial charge in [0, 0.05) is 17.8 Å². The minimum absolute atomic E-state index is 0. The molecule has 1 heterocycles. The second-order valence-electron chi connectivity index (χ2n) is 4.94.